The van der Waals surface area contributed by atoms with E-state index in [0.29, 0.717) is 0 Å². The Morgan fingerprint density at radius 3 is 2.36 bits per heavy atom. The second-order valence-corrected chi connectivity index (χ2v) is 5.31. The molecule has 1 aliphatic rings. The van der Waals surface area contributed by atoms with Gasteiger partial charge in [0.05, 0.1) is 0 Å². The highest BCUT2D eigenvalue weighted by Crippen LogP contribution is 2.24. The molecule has 82 valence electrons. The van der Waals surface area contributed by atoms with Crippen LogP contribution in [-0.2, 0) is 0 Å². The van der Waals surface area contributed by atoms with E-state index >= 15 is 0 Å². The zero-order valence-corrected chi connectivity index (χ0v) is 10.1. The summed E-state index contributed by atoms with van der Waals surface area (Å²) in [6, 6.07) is 0. The average Bonchev–Trinajstić information content (AvgIpc) is 2.06. The number of nitrogens with zero attached hydrogens (tertiary/aromatic N) is 1. The second-order valence-electron chi connectivity index (χ2n) is 5.31. The molecule has 1 fully saturated rings. The van der Waals surface area contributed by atoms with E-state index in [1.165, 1.54) is 37.9 Å². The average molecular weight is 195 g/mol. The van der Waals surface area contributed by atoms with E-state index < -0.39 is 0 Å². The van der Waals surface area contributed by atoms with E-state index in [1.54, 1.807) is 0 Å². The lowest BCUT2D eigenvalue weighted by Crippen LogP contribution is -2.35. The van der Waals surface area contributed by atoms with E-state index in [1.807, 2.05) is 0 Å². The molecule has 0 aromatic heterocycles. The van der Waals surface area contributed by atoms with Gasteiger partial charge in [-0.25, -0.2) is 0 Å². The summed E-state index contributed by atoms with van der Waals surface area (Å²) in [6.07, 6.45) is 4.21. The van der Waals surface area contributed by atoms with Crippen LogP contribution in [0, 0.1) is 11.8 Å². The summed E-state index contributed by atoms with van der Waals surface area (Å²) in [6.45, 7) is 14.4. The lowest BCUT2D eigenvalue weighted by Gasteiger charge is -2.32. The molecule has 14 heavy (non-hydrogen) atoms. The minimum atomic E-state index is 0.868. The van der Waals surface area contributed by atoms with Gasteiger partial charge in [0.1, 0.15) is 0 Å². The lowest BCUT2D eigenvalue weighted by molar-refractivity contribution is 0.182. The molecule has 1 saturated heterocycles. The predicted molar refractivity (Wildman–Crippen MR) is 63.4 cm³/mol. The molecule has 1 heteroatoms. The smallest absolute Gasteiger partial charge is 0.0187 e. The van der Waals surface area contributed by atoms with Crippen molar-refractivity contribution in [1.29, 1.82) is 0 Å². The van der Waals surface area contributed by atoms with Crippen LogP contribution in [0.15, 0.2) is 12.2 Å². The van der Waals surface area contributed by atoms with Crippen molar-refractivity contribution in [1.82, 2.24) is 4.90 Å². The first kappa shape index (κ1) is 11.8. The maximum atomic E-state index is 3.97. The van der Waals surface area contributed by atoms with Gasteiger partial charge in [0.25, 0.3) is 0 Å². The Kier molecular flexibility index (Phi) is 4.67. The van der Waals surface area contributed by atoms with E-state index in [0.717, 1.165) is 18.4 Å². The molecule has 0 bridgehead atoms. The molecule has 1 aliphatic heterocycles. The van der Waals surface area contributed by atoms with E-state index in [9.17, 15) is 0 Å². The van der Waals surface area contributed by atoms with Gasteiger partial charge < -0.3 is 0 Å². The zero-order chi connectivity index (χ0) is 10.6. The molecule has 0 aliphatic carbocycles. The highest BCUT2D eigenvalue weighted by atomic mass is 15.1. The van der Waals surface area contributed by atoms with Crippen LogP contribution in [0.4, 0.5) is 0 Å². The topological polar surface area (TPSA) is 3.24 Å². The summed E-state index contributed by atoms with van der Waals surface area (Å²) < 4.78 is 0. The molecular weight excluding hydrogens is 170 g/mol. The first-order chi connectivity index (χ1) is 6.58. The van der Waals surface area contributed by atoms with Crippen LogP contribution in [0.2, 0.25) is 0 Å². The van der Waals surface area contributed by atoms with Crippen molar-refractivity contribution >= 4 is 0 Å². The van der Waals surface area contributed by atoms with Gasteiger partial charge in [0.2, 0.25) is 0 Å². The third-order valence-corrected chi connectivity index (χ3v) is 3.01. The highest BCUT2D eigenvalue weighted by Gasteiger charge is 2.19. The molecular formula is C13H25N. The van der Waals surface area contributed by atoms with Crippen LogP contribution in [0.25, 0.3) is 0 Å². The van der Waals surface area contributed by atoms with Gasteiger partial charge in [-0.1, -0.05) is 26.0 Å². The van der Waals surface area contributed by atoms with Gasteiger partial charge in [-0.05, 0) is 51.1 Å². The summed E-state index contributed by atoms with van der Waals surface area (Å²) in [5.74, 6) is 1.85. The third-order valence-electron chi connectivity index (χ3n) is 3.01. The largest absolute Gasteiger partial charge is 0.299 e. The van der Waals surface area contributed by atoms with Gasteiger partial charge in [0, 0.05) is 6.54 Å². The van der Waals surface area contributed by atoms with Crippen molar-refractivity contribution in [2.24, 2.45) is 11.8 Å². The summed E-state index contributed by atoms with van der Waals surface area (Å²) in [5.41, 5.74) is 1.30. The first-order valence-electron chi connectivity index (χ1n) is 5.94. The minimum absolute atomic E-state index is 0.868. The Morgan fingerprint density at radius 1 is 1.36 bits per heavy atom. The molecule has 0 radical (unpaired) electrons. The van der Waals surface area contributed by atoms with Crippen molar-refractivity contribution in [3.63, 3.8) is 0 Å². The molecule has 0 unspecified atom stereocenters. The van der Waals surface area contributed by atoms with Crippen molar-refractivity contribution < 1.29 is 0 Å². The fraction of sp³-hybridized carbons (Fsp3) is 0.846. The monoisotopic (exact) mass is 195 g/mol. The Labute approximate surface area is 89.2 Å². The van der Waals surface area contributed by atoms with Crippen molar-refractivity contribution in [2.45, 2.75) is 40.0 Å². The maximum Gasteiger partial charge on any atom is 0.0187 e. The molecule has 1 rings (SSSR count). The zero-order valence-electron chi connectivity index (χ0n) is 10.1. The third kappa shape index (κ3) is 4.28. The summed E-state index contributed by atoms with van der Waals surface area (Å²) >= 11 is 0. The molecule has 0 atom stereocenters. The number of likely N-dealkylation sites (tertiary alicyclic amines) is 1. The molecule has 0 aromatic rings. The van der Waals surface area contributed by atoms with Crippen LogP contribution in [0.5, 0.6) is 0 Å². The molecule has 0 amide bonds. The summed E-state index contributed by atoms with van der Waals surface area (Å²) in [5, 5.41) is 0. The van der Waals surface area contributed by atoms with Crippen LogP contribution >= 0.6 is 0 Å². The molecule has 1 heterocycles. The quantitative estimate of drug-likeness (QED) is 0.622. The van der Waals surface area contributed by atoms with Crippen molar-refractivity contribution in [2.75, 3.05) is 19.6 Å². The molecule has 0 aromatic carbocycles. The molecule has 0 N–H and O–H groups in total. The fourth-order valence-electron chi connectivity index (χ4n) is 2.43. The fourth-order valence-corrected chi connectivity index (χ4v) is 2.43. The number of hydrogen-bond acceptors (Lipinski definition) is 1. The lowest BCUT2D eigenvalue weighted by atomic mass is 9.88. The SMILES string of the molecule is C=C(C)CN1CCC(CC(C)C)CC1. The van der Waals surface area contributed by atoms with Crippen molar-refractivity contribution in [3.05, 3.63) is 12.2 Å². The van der Waals surface area contributed by atoms with Crippen molar-refractivity contribution in [3.8, 4) is 0 Å². The van der Waals surface area contributed by atoms with Crippen LogP contribution < -0.4 is 0 Å². The number of piperidine rings is 1. The second kappa shape index (κ2) is 5.55. The van der Waals surface area contributed by atoms with Gasteiger partial charge in [0.15, 0.2) is 0 Å². The summed E-state index contributed by atoms with van der Waals surface area (Å²) in [4.78, 5) is 2.54. The van der Waals surface area contributed by atoms with Crippen LogP contribution in [0.1, 0.15) is 40.0 Å². The van der Waals surface area contributed by atoms with Crippen LogP contribution in [0.3, 0.4) is 0 Å². The number of hydrogen-bond donors (Lipinski definition) is 0. The Hall–Kier alpha value is -0.300. The van der Waals surface area contributed by atoms with Gasteiger partial charge in [-0.15, -0.1) is 0 Å². The molecule has 1 nitrogen and oxygen atoms in total. The summed E-state index contributed by atoms with van der Waals surface area (Å²) in [7, 11) is 0. The van der Waals surface area contributed by atoms with E-state index in [2.05, 4.69) is 32.3 Å². The van der Waals surface area contributed by atoms with E-state index in [4.69, 9.17) is 0 Å². The Morgan fingerprint density at radius 2 is 1.93 bits per heavy atom. The van der Waals surface area contributed by atoms with Gasteiger partial charge >= 0.3 is 0 Å². The van der Waals surface area contributed by atoms with Gasteiger partial charge in [-0.2, -0.15) is 0 Å². The first-order valence-corrected chi connectivity index (χ1v) is 5.94. The number of rotatable bonds is 4. The molecule has 0 spiro atoms. The van der Waals surface area contributed by atoms with E-state index in [-0.39, 0.29) is 0 Å². The molecule has 0 saturated carbocycles. The predicted octanol–water partition coefficient (Wildman–Crippen LogP) is 3.32. The highest BCUT2D eigenvalue weighted by molar-refractivity contribution is 4.92. The van der Waals surface area contributed by atoms with Gasteiger partial charge in [-0.3, -0.25) is 4.90 Å². The normalized spacial score (nSPS) is 20.3. The van der Waals surface area contributed by atoms with Crippen LogP contribution in [-0.4, -0.2) is 24.5 Å². The Balaban J connectivity index is 2.21. The Bertz CT molecular complexity index is 176. The maximum absolute atomic E-state index is 3.97. The standard InChI is InChI=1S/C13H25N/c1-11(2)9-13-5-7-14(8-6-13)10-12(3)4/h11,13H,3,5-10H2,1-2,4H3. The minimum Gasteiger partial charge on any atom is -0.299 e.